The summed E-state index contributed by atoms with van der Waals surface area (Å²) < 4.78 is 40.7. The van der Waals surface area contributed by atoms with E-state index in [1.807, 2.05) is 68.4 Å². The van der Waals surface area contributed by atoms with Gasteiger partial charge in [-0.15, -0.1) is 0 Å². The zero-order valence-corrected chi connectivity index (χ0v) is 29.4. The maximum atomic E-state index is 14.7. The van der Waals surface area contributed by atoms with Gasteiger partial charge in [0.05, 0.1) is 24.8 Å². The fourth-order valence-corrected chi connectivity index (χ4v) is 7.59. The lowest BCUT2D eigenvalue weighted by molar-refractivity contribution is -0.140. The minimum atomic E-state index is -4.31. The number of carbonyl (C=O) groups is 2. The van der Waals surface area contributed by atoms with Crippen LogP contribution >= 0.6 is 0 Å². The van der Waals surface area contributed by atoms with Crippen molar-refractivity contribution in [3.8, 4) is 11.5 Å². The van der Waals surface area contributed by atoms with Crippen molar-refractivity contribution in [1.82, 2.24) is 10.2 Å². The van der Waals surface area contributed by atoms with E-state index < -0.39 is 28.5 Å². The summed E-state index contributed by atoms with van der Waals surface area (Å²) in [4.78, 5) is 30.4. The van der Waals surface area contributed by atoms with Crippen molar-refractivity contribution in [2.24, 2.45) is 0 Å². The van der Waals surface area contributed by atoms with Crippen LogP contribution in [0.4, 0.5) is 5.69 Å². The number of ether oxygens (including phenoxy) is 2. The lowest BCUT2D eigenvalue weighted by Gasteiger charge is -2.34. The van der Waals surface area contributed by atoms with E-state index in [9.17, 15) is 18.0 Å². The Morgan fingerprint density at radius 3 is 2.02 bits per heavy atom. The largest absolute Gasteiger partial charge is 0.493 e. The third kappa shape index (κ3) is 8.80. The van der Waals surface area contributed by atoms with Gasteiger partial charge in [-0.05, 0) is 62.1 Å². The molecule has 1 aliphatic carbocycles. The van der Waals surface area contributed by atoms with Gasteiger partial charge in [0.15, 0.2) is 11.5 Å². The number of amides is 2. The van der Waals surface area contributed by atoms with Crippen molar-refractivity contribution in [3.05, 3.63) is 119 Å². The molecule has 0 spiro atoms. The van der Waals surface area contributed by atoms with Crippen LogP contribution in [0.25, 0.3) is 0 Å². The summed E-state index contributed by atoms with van der Waals surface area (Å²) >= 11 is 0. The van der Waals surface area contributed by atoms with E-state index in [0.717, 1.165) is 52.2 Å². The van der Waals surface area contributed by atoms with Crippen LogP contribution in [-0.2, 0) is 32.6 Å². The molecule has 2 amide bonds. The molecule has 1 fully saturated rings. The average Bonchev–Trinajstić information content (AvgIpc) is 3.63. The van der Waals surface area contributed by atoms with E-state index in [-0.39, 0.29) is 35.6 Å². The van der Waals surface area contributed by atoms with E-state index in [1.54, 1.807) is 24.3 Å². The Kier molecular flexibility index (Phi) is 11.6. The van der Waals surface area contributed by atoms with Crippen LogP contribution in [0.1, 0.15) is 47.9 Å². The number of aryl methyl sites for hydroxylation is 2. The van der Waals surface area contributed by atoms with Gasteiger partial charge in [0.1, 0.15) is 12.6 Å². The van der Waals surface area contributed by atoms with Crippen molar-refractivity contribution >= 4 is 27.5 Å². The summed E-state index contributed by atoms with van der Waals surface area (Å²) in [5.41, 5.74) is 4.04. The molecule has 1 atom stereocenters. The average molecular weight is 684 g/mol. The van der Waals surface area contributed by atoms with Gasteiger partial charge < -0.3 is 19.7 Å². The molecule has 0 aliphatic heterocycles. The van der Waals surface area contributed by atoms with Crippen molar-refractivity contribution in [3.63, 3.8) is 0 Å². The molecule has 49 heavy (non-hydrogen) atoms. The Hall–Kier alpha value is -4.83. The molecule has 1 saturated carbocycles. The van der Waals surface area contributed by atoms with E-state index >= 15 is 0 Å². The van der Waals surface area contributed by atoms with Gasteiger partial charge in [0.2, 0.25) is 11.8 Å². The quantitative estimate of drug-likeness (QED) is 0.169. The second-order valence-electron chi connectivity index (χ2n) is 12.6. The highest BCUT2D eigenvalue weighted by molar-refractivity contribution is 7.92. The van der Waals surface area contributed by atoms with Crippen molar-refractivity contribution < 1.29 is 27.5 Å². The normalized spacial score (nSPS) is 13.8. The standard InChI is InChI=1S/C39H45N3O6S/c1-28-14-18-31(19-15-28)26-41(35(24-30-10-6-5-7-11-30)39(44)40-32-12-8-9-13-32)38(43)27-42(33-20-16-29(2)17-21-33)49(45,46)34-22-23-36(47-3)37(25-34)48-4/h5-7,10-11,14-23,25,32,35H,8-9,12-13,24,26-27H2,1-4H3,(H,40,44)/t35-/m0/s1. The second-order valence-corrected chi connectivity index (χ2v) is 14.4. The number of benzene rings is 4. The first-order valence-corrected chi connectivity index (χ1v) is 18.0. The van der Waals surface area contributed by atoms with E-state index in [0.29, 0.717) is 11.4 Å². The van der Waals surface area contributed by atoms with E-state index in [4.69, 9.17) is 9.47 Å². The van der Waals surface area contributed by atoms with Gasteiger partial charge in [-0.25, -0.2) is 8.42 Å². The van der Waals surface area contributed by atoms with Crippen LogP contribution in [0.3, 0.4) is 0 Å². The smallest absolute Gasteiger partial charge is 0.264 e. The number of methoxy groups -OCH3 is 2. The molecule has 0 unspecified atom stereocenters. The molecule has 4 aromatic rings. The number of anilines is 1. The Morgan fingerprint density at radius 1 is 0.796 bits per heavy atom. The summed E-state index contributed by atoms with van der Waals surface area (Å²) in [6, 6.07) is 27.8. The Morgan fingerprint density at radius 2 is 1.41 bits per heavy atom. The number of hydrogen-bond acceptors (Lipinski definition) is 6. The fraction of sp³-hybridized carbons (Fsp3) is 0.333. The topological polar surface area (TPSA) is 105 Å². The minimum absolute atomic E-state index is 0.0385. The van der Waals surface area contributed by atoms with Crippen LogP contribution in [0.15, 0.2) is 102 Å². The number of hydrogen-bond donors (Lipinski definition) is 1. The maximum absolute atomic E-state index is 14.7. The second kappa shape index (κ2) is 16.0. The Bertz CT molecular complexity index is 1820. The van der Waals surface area contributed by atoms with Gasteiger partial charge in [0, 0.05) is 25.1 Å². The first-order chi connectivity index (χ1) is 23.6. The van der Waals surface area contributed by atoms with Crippen LogP contribution in [0.2, 0.25) is 0 Å². The molecule has 0 saturated heterocycles. The molecular formula is C39H45N3O6S. The molecule has 5 rings (SSSR count). The molecule has 0 heterocycles. The van der Waals surface area contributed by atoms with Crippen molar-refractivity contribution in [2.75, 3.05) is 25.1 Å². The molecule has 0 radical (unpaired) electrons. The van der Waals surface area contributed by atoms with Gasteiger partial charge in [0.25, 0.3) is 10.0 Å². The molecule has 9 nitrogen and oxygen atoms in total. The van der Waals surface area contributed by atoms with Crippen molar-refractivity contribution in [2.45, 2.75) is 69.5 Å². The third-order valence-electron chi connectivity index (χ3n) is 8.99. The highest BCUT2D eigenvalue weighted by atomic mass is 32.2. The van der Waals surface area contributed by atoms with Gasteiger partial charge in [-0.1, -0.05) is 90.7 Å². The molecular weight excluding hydrogens is 639 g/mol. The van der Waals surface area contributed by atoms with Crippen LogP contribution in [-0.4, -0.2) is 58.0 Å². The van der Waals surface area contributed by atoms with Crippen LogP contribution in [0, 0.1) is 13.8 Å². The lowest BCUT2D eigenvalue weighted by atomic mass is 10.0. The number of rotatable bonds is 14. The minimum Gasteiger partial charge on any atom is -0.493 e. The Labute approximate surface area is 289 Å². The molecule has 4 aromatic carbocycles. The molecule has 1 N–H and O–H groups in total. The van der Waals surface area contributed by atoms with E-state index in [1.165, 1.54) is 37.3 Å². The molecule has 0 bridgehead atoms. The monoisotopic (exact) mass is 683 g/mol. The number of nitrogens with zero attached hydrogens (tertiary/aromatic N) is 2. The molecule has 1 aliphatic rings. The fourth-order valence-electron chi connectivity index (χ4n) is 6.16. The predicted molar refractivity (Wildman–Crippen MR) is 191 cm³/mol. The zero-order valence-electron chi connectivity index (χ0n) is 28.6. The van der Waals surface area contributed by atoms with E-state index in [2.05, 4.69) is 5.32 Å². The highest BCUT2D eigenvalue weighted by Crippen LogP contribution is 2.32. The molecule has 10 heteroatoms. The van der Waals surface area contributed by atoms with Gasteiger partial charge in [-0.2, -0.15) is 0 Å². The van der Waals surface area contributed by atoms with Crippen LogP contribution in [0.5, 0.6) is 11.5 Å². The third-order valence-corrected chi connectivity index (χ3v) is 10.8. The summed E-state index contributed by atoms with van der Waals surface area (Å²) in [6.07, 6.45) is 4.13. The number of carbonyl (C=O) groups excluding carboxylic acids is 2. The summed E-state index contributed by atoms with van der Waals surface area (Å²) in [6.45, 7) is 3.47. The number of sulfonamides is 1. The maximum Gasteiger partial charge on any atom is 0.264 e. The van der Waals surface area contributed by atoms with Gasteiger partial charge in [-0.3, -0.25) is 13.9 Å². The van der Waals surface area contributed by atoms with Gasteiger partial charge >= 0.3 is 0 Å². The predicted octanol–water partition coefficient (Wildman–Crippen LogP) is 6.21. The summed E-state index contributed by atoms with van der Waals surface area (Å²) in [5.74, 6) is -0.138. The zero-order chi connectivity index (χ0) is 35.0. The van der Waals surface area contributed by atoms with Crippen molar-refractivity contribution in [1.29, 1.82) is 0 Å². The first-order valence-electron chi connectivity index (χ1n) is 16.6. The SMILES string of the molecule is COc1ccc(S(=O)(=O)N(CC(=O)N(Cc2ccc(C)cc2)[C@@H](Cc2ccccc2)C(=O)NC2CCCC2)c2ccc(C)cc2)cc1OC. The lowest BCUT2D eigenvalue weighted by Crippen LogP contribution is -2.54. The summed E-state index contributed by atoms with van der Waals surface area (Å²) in [7, 11) is -1.40. The molecule has 258 valence electrons. The Balaban J connectivity index is 1.57. The summed E-state index contributed by atoms with van der Waals surface area (Å²) in [5, 5.41) is 3.21. The number of nitrogens with one attached hydrogen (secondary N) is 1. The highest BCUT2D eigenvalue weighted by Gasteiger charge is 2.36. The molecule has 0 aromatic heterocycles. The van der Waals surface area contributed by atoms with Crippen LogP contribution < -0.4 is 19.1 Å². The first kappa shape index (κ1) is 35.5.